The summed E-state index contributed by atoms with van der Waals surface area (Å²) in [5, 5.41) is 3.05. The zero-order valence-electron chi connectivity index (χ0n) is 16.4. The molecule has 0 aliphatic carbocycles. The van der Waals surface area contributed by atoms with Crippen LogP contribution in [0.15, 0.2) is 85.1 Å². The fraction of sp³-hybridized carbons (Fsp3) is 0.217. The summed E-state index contributed by atoms with van der Waals surface area (Å²) in [6.45, 7) is 4.22. The second-order valence-corrected chi connectivity index (χ2v) is 11.3. The first kappa shape index (κ1) is 26.2. The van der Waals surface area contributed by atoms with Gasteiger partial charge in [-0.25, -0.2) is 0 Å². The summed E-state index contributed by atoms with van der Waals surface area (Å²) >= 11 is -0.346. The van der Waals surface area contributed by atoms with Crippen molar-refractivity contribution in [2.75, 3.05) is 6.16 Å². The number of benzene rings is 2. The molecule has 0 saturated heterocycles. The molecule has 0 atom stereocenters. The number of aromatic nitrogens is 1. The number of hydrogen-bond acceptors (Lipinski definition) is 1. The number of nitrogens with one attached hydrogen (secondary N) is 1. The van der Waals surface area contributed by atoms with Crippen LogP contribution in [0.25, 0.3) is 5.73 Å². The van der Waals surface area contributed by atoms with Gasteiger partial charge in [-0.2, -0.15) is 6.42 Å². The molecule has 1 aromatic heterocycles. The van der Waals surface area contributed by atoms with Crippen LogP contribution in [-0.4, -0.2) is 11.1 Å². The molecular weight excluding hydrogens is 507 g/mol. The molecule has 1 heterocycles. The van der Waals surface area contributed by atoms with Crippen molar-refractivity contribution in [3.8, 4) is 0 Å². The van der Waals surface area contributed by atoms with E-state index in [0.29, 0.717) is 0 Å². The van der Waals surface area contributed by atoms with Gasteiger partial charge in [-0.15, -0.1) is 6.54 Å². The van der Waals surface area contributed by atoms with Crippen molar-refractivity contribution in [3.05, 3.63) is 103 Å². The molecule has 3 rings (SSSR count). The largest absolute Gasteiger partial charge is 0.672 e. The summed E-state index contributed by atoms with van der Waals surface area (Å²) < 4.78 is 0. The normalized spacial score (nSPS) is 9.83. The van der Waals surface area contributed by atoms with Crippen LogP contribution in [0.2, 0.25) is 0 Å². The molecule has 2 aromatic carbocycles. The molecule has 3 aromatic rings. The summed E-state index contributed by atoms with van der Waals surface area (Å²) in [5.74, 6) is 0. The van der Waals surface area contributed by atoms with E-state index in [1.807, 2.05) is 18.2 Å². The predicted molar refractivity (Wildman–Crippen MR) is 129 cm³/mol. The third-order valence-electron chi connectivity index (χ3n) is 4.08. The molecule has 29 heavy (non-hydrogen) atoms. The molecule has 0 radical (unpaired) electrons. The zero-order chi connectivity index (χ0) is 21.2. The van der Waals surface area contributed by atoms with E-state index in [-0.39, 0.29) is 21.7 Å². The molecule has 2 nitrogen and oxygen atoms in total. The van der Waals surface area contributed by atoms with Crippen molar-refractivity contribution < 1.29 is 15.1 Å². The first-order chi connectivity index (χ1) is 14.3. The van der Waals surface area contributed by atoms with Crippen LogP contribution in [0.1, 0.15) is 25.0 Å². The number of hydrogen-bond donors (Lipinski definition) is 0. The van der Waals surface area contributed by atoms with Gasteiger partial charge in [-0.1, -0.05) is 48.9 Å². The van der Waals surface area contributed by atoms with Gasteiger partial charge in [0.2, 0.25) is 0 Å². The minimum Gasteiger partial charge on any atom is -0.672 e. The average molecular weight is 535 g/mol. The predicted octanol–water partition coefficient (Wildman–Crippen LogP) is 6.87. The molecule has 0 fully saturated rings. The Morgan fingerprint density at radius 2 is 1.34 bits per heavy atom. The summed E-state index contributed by atoms with van der Waals surface area (Å²) in [6.07, 6.45) is 6.60. The SMILES string of the molecule is [CH2-]CCCC[PH+](c1ccccc1)c1ccccc1.[Cl][Ru+2][Cl].[NH-]Cc1ccccn1. The fourth-order valence-electron chi connectivity index (χ4n) is 2.72. The number of halogens is 2. The van der Waals surface area contributed by atoms with E-state index in [4.69, 9.17) is 25.1 Å². The maximum absolute atomic E-state index is 6.88. The van der Waals surface area contributed by atoms with E-state index < -0.39 is 7.92 Å². The fourth-order valence-corrected chi connectivity index (χ4v) is 5.42. The van der Waals surface area contributed by atoms with Gasteiger partial charge in [0.15, 0.2) is 0 Å². The van der Waals surface area contributed by atoms with Gasteiger partial charge < -0.3 is 12.7 Å². The molecule has 156 valence electrons. The summed E-state index contributed by atoms with van der Waals surface area (Å²) in [7, 11) is 9.11. The number of rotatable bonds is 7. The van der Waals surface area contributed by atoms with Gasteiger partial charge in [0.1, 0.15) is 0 Å². The van der Waals surface area contributed by atoms with Crippen LogP contribution in [0.3, 0.4) is 0 Å². The molecular formula is C23H28Cl2N2PRu+. The molecule has 6 heteroatoms. The van der Waals surface area contributed by atoms with E-state index in [2.05, 4.69) is 72.6 Å². The van der Waals surface area contributed by atoms with Crippen LogP contribution < -0.4 is 10.6 Å². The van der Waals surface area contributed by atoms with E-state index in [1.165, 1.54) is 29.6 Å². The van der Waals surface area contributed by atoms with Gasteiger partial charge in [0.25, 0.3) is 0 Å². The second kappa shape index (κ2) is 18.0. The topological polar surface area (TPSA) is 36.7 Å². The van der Waals surface area contributed by atoms with Crippen LogP contribution in [-0.2, 0) is 21.7 Å². The van der Waals surface area contributed by atoms with E-state index in [1.54, 1.807) is 6.20 Å². The molecule has 0 amide bonds. The monoisotopic (exact) mass is 535 g/mol. The van der Waals surface area contributed by atoms with Crippen molar-refractivity contribution in [1.82, 2.24) is 4.98 Å². The van der Waals surface area contributed by atoms with Crippen LogP contribution in [0, 0.1) is 6.92 Å². The standard InChI is InChI=1S/C17H20P.C6H7N2.2ClH.Ru/c1-2-3-10-15-18(16-11-6-4-7-12-16)17-13-8-5-9-14-17;7-5-6-3-1-2-4-8-6;;;/h4-9,11-14H,1-3,10,15H2;1-4,7H,5H2;2*1H;/q2*-1;;;+4/p-1. The third-order valence-corrected chi connectivity index (χ3v) is 6.99. The maximum Gasteiger partial charge on any atom is 0.0270 e. The minimum atomic E-state index is -0.600. The zero-order valence-corrected chi connectivity index (χ0v) is 20.6. The summed E-state index contributed by atoms with van der Waals surface area (Å²) in [4.78, 5) is 3.91. The Morgan fingerprint density at radius 1 is 0.828 bits per heavy atom. The van der Waals surface area contributed by atoms with Gasteiger partial charge in [-0.3, -0.25) is 4.98 Å². The quantitative estimate of drug-likeness (QED) is 0.141. The van der Waals surface area contributed by atoms with Gasteiger partial charge in [0.05, 0.1) is 24.7 Å². The van der Waals surface area contributed by atoms with Crippen molar-refractivity contribution in [1.29, 1.82) is 0 Å². The van der Waals surface area contributed by atoms with Gasteiger partial charge in [-0.05, 0) is 42.8 Å². The summed E-state index contributed by atoms with van der Waals surface area (Å²) in [5.41, 5.74) is 7.71. The molecule has 0 aliphatic rings. The Morgan fingerprint density at radius 3 is 1.72 bits per heavy atom. The van der Waals surface area contributed by atoms with Crippen molar-refractivity contribution >= 4 is 37.9 Å². The Kier molecular flexibility index (Phi) is 16.3. The first-order valence-corrected chi connectivity index (χ1v) is 15.6. The Hall–Kier alpha value is -0.817. The van der Waals surface area contributed by atoms with E-state index >= 15 is 0 Å². The van der Waals surface area contributed by atoms with Gasteiger partial charge in [0, 0.05) is 11.9 Å². The van der Waals surface area contributed by atoms with Crippen LogP contribution >= 0.6 is 27.3 Å². The number of pyridine rings is 1. The maximum atomic E-state index is 6.88. The Bertz CT molecular complexity index is 694. The Balaban J connectivity index is 0.000000317. The van der Waals surface area contributed by atoms with E-state index in [0.717, 1.165) is 12.1 Å². The third kappa shape index (κ3) is 11.8. The number of nitrogens with zero attached hydrogens (tertiary/aromatic N) is 1. The van der Waals surface area contributed by atoms with Crippen molar-refractivity contribution in [3.63, 3.8) is 0 Å². The van der Waals surface area contributed by atoms with E-state index in [9.17, 15) is 0 Å². The molecule has 0 aliphatic heterocycles. The minimum absolute atomic E-state index is 0.279. The smallest absolute Gasteiger partial charge is 0.0270 e. The molecule has 0 saturated carbocycles. The molecule has 0 bridgehead atoms. The number of unbranched alkanes of at least 4 members (excludes halogenated alkanes) is 2. The van der Waals surface area contributed by atoms with Crippen LogP contribution in [0.5, 0.6) is 0 Å². The van der Waals surface area contributed by atoms with Crippen molar-refractivity contribution in [2.45, 2.75) is 25.8 Å². The first-order valence-electron chi connectivity index (χ1n) is 9.42. The molecule has 1 N–H and O–H groups in total. The Labute approximate surface area is 192 Å². The van der Waals surface area contributed by atoms with Gasteiger partial charge >= 0.3 is 34.5 Å². The van der Waals surface area contributed by atoms with Crippen LogP contribution in [0.4, 0.5) is 0 Å². The average Bonchev–Trinajstić information content (AvgIpc) is 2.79. The van der Waals surface area contributed by atoms with Crippen molar-refractivity contribution in [2.24, 2.45) is 0 Å². The molecule has 0 unspecified atom stereocenters. The molecule has 0 spiro atoms. The summed E-state index contributed by atoms with van der Waals surface area (Å²) in [6, 6.07) is 27.5. The second-order valence-electron chi connectivity index (χ2n) is 6.07.